The quantitative estimate of drug-likeness (QED) is 0.669. The zero-order chi connectivity index (χ0) is 11.8. The molecule has 1 rings (SSSR count). The summed E-state index contributed by atoms with van der Waals surface area (Å²) in [6.07, 6.45) is 0. The van der Waals surface area contributed by atoms with Crippen LogP contribution in [0.15, 0.2) is 4.47 Å². The summed E-state index contributed by atoms with van der Waals surface area (Å²) in [5, 5.41) is 9.64. The number of hydrogen-bond donors (Lipinski definition) is 0. The van der Waals surface area contributed by atoms with Gasteiger partial charge in [0.15, 0.2) is 0 Å². The highest BCUT2D eigenvalue weighted by atomic mass is 79.9. The standard InChI is InChI=1S/C10H9BrCl2N2/c1-10(2,3)8-5(4-14)7(12)6(11)9(13)15-8/h1-3H3. The molecule has 1 aromatic heterocycles. The fourth-order valence-electron chi connectivity index (χ4n) is 1.15. The van der Waals surface area contributed by atoms with Crippen molar-refractivity contribution in [2.24, 2.45) is 0 Å². The third-order valence-corrected chi connectivity index (χ3v) is 3.74. The van der Waals surface area contributed by atoms with Crippen molar-refractivity contribution in [1.29, 1.82) is 5.26 Å². The third kappa shape index (κ3) is 2.44. The molecule has 80 valence electrons. The molecule has 0 saturated carbocycles. The highest BCUT2D eigenvalue weighted by Crippen LogP contribution is 2.36. The van der Waals surface area contributed by atoms with Crippen LogP contribution >= 0.6 is 39.1 Å². The average Bonchev–Trinajstić information content (AvgIpc) is 2.12. The minimum absolute atomic E-state index is 0.265. The van der Waals surface area contributed by atoms with Crippen LogP contribution in [0.4, 0.5) is 0 Å². The number of aromatic nitrogens is 1. The van der Waals surface area contributed by atoms with Crippen molar-refractivity contribution in [3.05, 3.63) is 25.9 Å². The van der Waals surface area contributed by atoms with E-state index in [2.05, 4.69) is 27.0 Å². The summed E-state index contributed by atoms with van der Waals surface area (Å²) >= 11 is 15.1. The van der Waals surface area contributed by atoms with Gasteiger partial charge < -0.3 is 0 Å². The van der Waals surface area contributed by atoms with Crippen LogP contribution in [0.5, 0.6) is 0 Å². The molecule has 0 amide bonds. The van der Waals surface area contributed by atoms with E-state index in [1.54, 1.807) is 0 Å². The second-order valence-electron chi connectivity index (χ2n) is 4.12. The fraction of sp³-hybridized carbons (Fsp3) is 0.400. The van der Waals surface area contributed by atoms with Crippen LogP contribution in [0, 0.1) is 11.3 Å². The summed E-state index contributed by atoms with van der Waals surface area (Å²) in [4.78, 5) is 4.19. The Bertz CT molecular complexity index is 444. The van der Waals surface area contributed by atoms with Gasteiger partial charge in [-0.3, -0.25) is 0 Å². The van der Waals surface area contributed by atoms with Crippen LogP contribution in [0.3, 0.4) is 0 Å². The van der Waals surface area contributed by atoms with Crippen molar-refractivity contribution < 1.29 is 0 Å². The van der Waals surface area contributed by atoms with E-state index in [1.165, 1.54) is 0 Å². The first-order chi connectivity index (χ1) is 6.79. The minimum atomic E-state index is -0.265. The smallest absolute Gasteiger partial charge is 0.145 e. The van der Waals surface area contributed by atoms with E-state index < -0.39 is 0 Å². The molecule has 15 heavy (non-hydrogen) atoms. The molecule has 0 fully saturated rings. The summed E-state index contributed by atoms with van der Waals surface area (Å²) in [5.41, 5.74) is 0.725. The Labute approximate surface area is 107 Å². The largest absolute Gasteiger partial charge is 0.238 e. The summed E-state index contributed by atoms with van der Waals surface area (Å²) in [5.74, 6) is 0. The van der Waals surface area contributed by atoms with Gasteiger partial charge in [-0.15, -0.1) is 0 Å². The van der Waals surface area contributed by atoms with Gasteiger partial charge in [0.2, 0.25) is 0 Å². The lowest BCUT2D eigenvalue weighted by Crippen LogP contribution is -2.16. The Morgan fingerprint density at radius 1 is 1.33 bits per heavy atom. The van der Waals surface area contributed by atoms with Crippen molar-refractivity contribution in [2.75, 3.05) is 0 Å². The lowest BCUT2D eigenvalue weighted by atomic mass is 9.89. The Morgan fingerprint density at radius 2 is 1.87 bits per heavy atom. The molecule has 5 heteroatoms. The maximum absolute atomic E-state index is 9.04. The second-order valence-corrected chi connectivity index (χ2v) is 5.64. The first kappa shape index (κ1) is 12.8. The van der Waals surface area contributed by atoms with Gasteiger partial charge in [0, 0.05) is 5.41 Å². The Morgan fingerprint density at radius 3 is 2.27 bits per heavy atom. The van der Waals surface area contributed by atoms with Crippen molar-refractivity contribution in [3.63, 3.8) is 0 Å². The number of nitriles is 1. The molecule has 0 aliphatic rings. The molecule has 0 aromatic carbocycles. The van der Waals surface area contributed by atoms with E-state index in [4.69, 9.17) is 28.5 Å². The van der Waals surface area contributed by atoms with Gasteiger partial charge in [-0.2, -0.15) is 5.26 Å². The van der Waals surface area contributed by atoms with Crippen molar-refractivity contribution in [1.82, 2.24) is 4.98 Å². The molecule has 0 saturated heterocycles. The third-order valence-electron chi connectivity index (χ3n) is 1.86. The molecule has 0 aliphatic carbocycles. The van der Waals surface area contributed by atoms with E-state index in [0.717, 1.165) is 0 Å². The Balaban J connectivity index is 3.62. The van der Waals surface area contributed by atoms with Gasteiger partial charge in [0.25, 0.3) is 0 Å². The molecule has 0 atom stereocenters. The van der Waals surface area contributed by atoms with E-state index in [1.807, 2.05) is 20.8 Å². The first-order valence-corrected chi connectivity index (χ1v) is 5.79. The minimum Gasteiger partial charge on any atom is -0.238 e. The van der Waals surface area contributed by atoms with Gasteiger partial charge >= 0.3 is 0 Å². The molecule has 1 heterocycles. The van der Waals surface area contributed by atoms with Crippen LogP contribution in [0.25, 0.3) is 0 Å². The number of hydrogen-bond acceptors (Lipinski definition) is 2. The molecule has 0 radical (unpaired) electrons. The van der Waals surface area contributed by atoms with Crippen LogP contribution in [0.2, 0.25) is 10.2 Å². The number of nitrogens with zero attached hydrogens (tertiary/aromatic N) is 2. The van der Waals surface area contributed by atoms with Gasteiger partial charge in [0.1, 0.15) is 11.2 Å². The van der Waals surface area contributed by atoms with E-state index in [-0.39, 0.29) is 10.6 Å². The van der Waals surface area contributed by atoms with E-state index >= 15 is 0 Å². The fourth-order valence-corrected chi connectivity index (χ4v) is 1.89. The summed E-state index contributed by atoms with van der Waals surface area (Å²) < 4.78 is 0.468. The molecule has 2 nitrogen and oxygen atoms in total. The van der Waals surface area contributed by atoms with Crippen LogP contribution in [0.1, 0.15) is 32.0 Å². The van der Waals surface area contributed by atoms with Gasteiger partial charge in [0.05, 0.1) is 20.8 Å². The zero-order valence-corrected chi connectivity index (χ0v) is 11.6. The van der Waals surface area contributed by atoms with Crippen LogP contribution in [-0.4, -0.2) is 4.98 Å². The lowest BCUT2D eigenvalue weighted by Gasteiger charge is -2.20. The predicted molar refractivity (Wildman–Crippen MR) is 65.4 cm³/mol. The molecule has 1 aromatic rings. The number of pyridine rings is 1. The predicted octanol–water partition coefficient (Wildman–Crippen LogP) is 4.32. The molecule has 0 unspecified atom stereocenters. The summed E-state index contributed by atoms with van der Waals surface area (Å²) in [7, 11) is 0. The highest BCUT2D eigenvalue weighted by Gasteiger charge is 2.24. The van der Waals surface area contributed by atoms with Crippen LogP contribution < -0.4 is 0 Å². The van der Waals surface area contributed by atoms with Gasteiger partial charge in [-0.1, -0.05) is 44.0 Å². The lowest BCUT2D eigenvalue weighted by molar-refractivity contribution is 0.567. The maximum Gasteiger partial charge on any atom is 0.145 e. The van der Waals surface area contributed by atoms with Crippen molar-refractivity contribution in [2.45, 2.75) is 26.2 Å². The Kier molecular flexibility index (Phi) is 3.65. The zero-order valence-electron chi connectivity index (χ0n) is 8.53. The molecular formula is C10H9BrCl2N2. The van der Waals surface area contributed by atoms with E-state index in [9.17, 15) is 0 Å². The highest BCUT2D eigenvalue weighted by molar-refractivity contribution is 9.10. The molecule has 0 aliphatic heterocycles. The summed E-state index contributed by atoms with van der Waals surface area (Å²) in [6.45, 7) is 5.87. The monoisotopic (exact) mass is 306 g/mol. The van der Waals surface area contributed by atoms with Gasteiger partial charge in [-0.25, -0.2) is 4.98 Å². The number of halogens is 3. The second kappa shape index (κ2) is 4.29. The first-order valence-electron chi connectivity index (χ1n) is 4.24. The maximum atomic E-state index is 9.04. The topological polar surface area (TPSA) is 36.7 Å². The number of rotatable bonds is 0. The van der Waals surface area contributed by atoms with Crippen LogP contribution in [-0.2, 0) is 5.41 Å². The van der Waals surface area contributed by atoms with Crippen molar-refractivity contribution in [3.8, 4) is 6.07 Å². The molecule has 0 N–H and O–H groups in total. The summed E-state index contributed by atoms with van der Waals surface area (Å²) in [6, 6.07) is 2.06. The van der Waals surface area contributed by atoms with Gasteiger partial charge in [-0.05, 0) is 15.9 Å². The molecular weight excluding hydrogens is 299 g/mol. The van der Waals surface area contributed by atoms with E-state index in [0.29, 0.717) is 20.8 Å². The molecule has 0 bridgehead atoms. The average molecular weight is 308 g/mol. The SMILES string of the molecule is CC(C)(C)c1nc(Cl)c(Br)c(Cl)c1C#N. The molecule has 0 spiro atoms. The Hall–Kier alpha value is -0.300. The normalized spacial score (nSPS) is 11.3. The van der Waals surface area contributed by atoms with Crippen molar-refractivity contribution >= 4 is 39.1 Å².